The van der Waals surface area contributed by atoms with Gasteiger partial charge in [-0.3, -0.25) is 25.0 Å². The maximum Gasteiger partial charge on any atom is 0.411 e. The van der Waals surface area contributed by atoms with Gasteiger partial charge in [-0.25, -0.2) is 9.48 Å². The van der Waals surface area contributed by atoms with Crippen molar-refractivity contribution in [2.24, 2.45) is 4.99 Å². The van der Waals surface area contributed by atoms with E-state index in [1.54, 1.807) is 31.2 Å². The topological polar surface area (TPSA) is 126 Å². The van der Waals surface area contributed by atoms with E-state index in [0.717, 1.165) is 17.7 Å². The minimum atomic E-state index is -1.04. The van der Waals surface area contributed by atoms with E-state index in [1.807, 2.05) is 31.2 Å². The number of carbonyl (C=O) groups excluding carboxylic acids is 1. The number of carboxylic acids is 1. The van der Waals surface area contributed by atoms with Crippen LogP contribution in [0.5, 0.6) is 0 Å². The van der Waals surface area contributed by atoms with E-state index in [0.29, 0.717) is 17.8 Å². The number of H-pyrrole nitrogens is 1. The number of carboxylic acid groups (broad SMARTS) is 1. The number of aliphatic imine (C=N–C) groups is 1. The van der Waals surface area contributed by atoms with Crippen LogP contribution in [-0.2, 0) is 16.0 Å². The molecule has 0 saturated carbocycles. The third kappa shape index (κ3) is 5.20. The van der Waals surface area contributed by atoms with E-state index in [2.05, 4.69) is 20.1 Å². The van der Waals surface area contributed by atoms with E-state index >= 15 is 0 Å². The number of nitrogens with one attached hydrogen (secondary N) is 2. The molecule has 0 fully saturated rings. The molecule has 172 valence electrons. The number of rotatable bonds is 8. The Kier molecular flexibility index (Phi) is 7.45. The molecule has 9 heteroatoms. The lowest BCUT2D eigenvalue weighted by Crippen LogP contribution is -2.17. The first-order valence-corrected chi connectivity index (χ1v) is 10.5. The van der Waals surface area contributed by atoms with Gasteiger partial charge >= 0.3 is 12.1 Å². The highest BCUT2D eigenvalue weighted by Gasteiger charge is 2.26. The molecule has 0 saturated heterocycles. The molecule has 3 rings (SSSR count). The second kappa shape index (κ2) is 10.4. The summed E-state index contributed by atoms with van der Waals surface area (Å²) in [5.74, 6) is -1.94. The van der Waals surface area contributed by atoms with Gasteiger partial charge < -0.3 is 9.84 Å². The number of ether oxygens (including phenoxy) is 1. The summed E-state index contributed by atoms with van der Waals surface area (Å²) in [5.41, 5.74) is 2.75. The zero-order valence-corrected chi connectivity index (χ0v) is 18.7. The molecule has 0 bridgehead atoms. The molecular weight excluding hydrogens is 424 g/mol. The summed E-state index contributed by atoms with van der Waals surface area (Å²) >= 11 is 0. The molecule has 1 unspecified atom stereocenters. The molecule has 3 N–H and O–H groups in total. The normalized spacial score (nSPS) is 12.0. The predicted molar refractivity (Wildman–Crippen MR) is 126 cm³/mol. The van der Waals surface area contributed by atoms with Gasteiger partial charge in [0.2, 0.25) is 0 Å². The van der Waals surface area contributed by atoms with Crippen LogP contribution in [0.2, 0.25) is 0 Å². The summed E-state index contributed by atoms with van der Waals surface area (Å²) < 4.78 is 5.84. The van der Waals surface area contributed by atoms with Crippen molar-refractivity contribution < 1.29 is 19.4 Å². The molecular formula is C24H26N4O5. The van der Waals surface area contributed by atoms with Gasteiger partial charge in [-0.2, -0.15) is 0 Å². The number of carbonyl (C=O) groups is 2. The van der Waals surface area contributed by atoms with Crippen molar-refractivity contribution in [2.45, 2.75) is 32.6 Å². The Morgan fingerprint density at radius 3 is 2.48 bits per heavy atom. The highest BCUT2D eigenvalue weighted by atomic mass is 16.5. The van der Waals surface area contributed by atoms with Crippen molar-refractivity contribution in [1.29, 1.82) is 0 Å². The van der Waals surface area contributed by atoms with Crippen LogP contribution >= 0.6 is 0 Å². The molecule has 0 spiro atoms. The van der Waals surface area contributed by atoms with E-state index in [9.17, 15) is 19.5 Å². The Bertz CT molecular complexity index is 1220. The van der Waals surface area contributed by atoms with Crippen LogP contribution in [0.4, 0.5) is 16.2 Å². The SMILES string of the molecule is CCc1ccccc1N=Cc1c(C(CC)C(=O)O)[nH]n(-c2ccc(NC(=O)OC)cc2)c1=O. The highest BCUT2D eigenvalue weighted by Crippen LogP contribution is 2.23. The zero-order valence-electron chi connectivity index (χ0n) is 18.7. The average molecular weight is 450 g/mol. The monoisotopic (exact) mass is 450 g/mol. The number of methoxy groups -OCH3 is 1. The van der Waals surface area contributed by atoms with Crippen LogP contribution in [0.15, 0.2) is 58.3 Å². The third-order valence-corrected chi connectivity index (χ3v) is 5.27. The molecule has 1 heterocycles. The van der Waals surface area contributed by atoms with Crippen molar-refractivity contribution in [3.05, 3.63) is 75.7 Å². The fourth-order valence-electron chi connectivity index (χ4n) is 3.47. The van der Waals surface area contributed by atoms with Gasteiger partial charge in [0.1, 0.15) is 0 Å². The first-order valence-electron chi connectivity index (χ1n) is 10.5. The lowest BCUT2D eigenvalue weighted by molar-refractivity contribution is -0.138. The van der Waals surface area contributed by atoms with Crippen molar-refractivity contribution in [1.82, 2.24) is 9.78 Å². The Labute approximate surface area is 190 Å². The minimum absolute atomic E-state index is 0.187. The summed E-state index contributed by atoms with van der Waals surface area (Å²) in [6.07, 6.45) is 1.89. The number of aromatic nitrogens is 2. The number of aryl methyl sites for hydroxylation is 1. The molecule has 0 aliphatic heterocycles. The molecule has 0 radical (unpaired) electrons. The van der Waals surface area contributed by atoms with E-state index in [4.69, 9.17) is 0 Å². The standard InChI is InChI=1S/C24H26N4O5/c1-4-15-8-6-7-9-20(15)25-14-19-21(18(5-2)23(30)31)27-28(22(19)29)17-12-10-16(11-13-17)26-24(32)33-3/h6-14,18,27H,4-5H2,1-3H3,(H,26,32)(H,30,31). The van der Waals surface area contributed by atoms with Crippen molar-refractivity contribution in [3.8, 4) is 5.69 Å². The summed E-state index contributed by atoms with van der Waals surface area (Å²) in [6.45, 7) is 3.76. The van der Waals surface area contributed by atoms with Crippen LogP contribution in [0.1, 0.15) is 43.0 Å². The predicted octanol–water partition coefficient (Wildman–Crippen LogP) is 4.24. The molecule has 1 aromatic heterocycles. The fourth-order valence-corrected chi connectivity index (χ4v) is 3.47. The van der Waals surface area contributed by atoms with Gasteiger partial charge in [0.15, 0.2) is 0 Å². The van der Waals surface area contributed by atoms with Gasteiger partial charge in [0, 0.05) is 11.9 Å². The molecule has 3 aromatic rings. The summed E-state index contributed by atoms with van der Waals surface area (Å²) in [4.78, 5) is 41.0. The summed E-state index contributed by atoms with van der Waals surface area (Å²) in [7, 11) is 1.26. The maximum atomic E-state index is 13.3. The number of aliphatic carboxylic acids is 1. The number of hydrogen-bond acceptors (Lipinski definition) is 5. The number of amides is 1. The largest absolute Gasteiger partial charge is 0.481 e. The van der Waals surface area contributed by atoms with Gasteiger partial charge in [-0.15, -0.1) is 0 Å². The quantitative estimate of drug-likeness (QED) is 0.443. The number of benzene rings is 2. The van der Waals surface area contributed by atoms with Crippen LogP contribution in [0, 0.1) is 0 Å². The van der Waals surface area contributed by atoms with Gasteiger partial charge in [0.25, 0.3) is 5.56 Å². The van der Waals surface area contributed by atoms with Gasteiger partial charge in [0.05, 0.1) is 35.7 Å². The van der Waals surface area contributed by atoms with Crippen molar-refractivity contribution in [2.75, 3.05) is 12.4 Å². The summed E-state index contributed by atoms with van der Waals surface area (Å²) in [5, 5.41) is 15.2. The third-order valence-electron chi connectivity index (χ3n) is 5.27. The fraction of sp³-hybridized carbons (Fsp3) is 0.250. The number of para-hydroxylation sites is 1. The molecule has 9 nitrogen and oxygen atoms in total. The first kappa shape index (κ1) is 23.5. The van der Waals surface area contributed by atoms with Gasteiger partial charge in [-0.05, 0) is 48.7 Å². The molecule has 0 aliphatic carbocycles. The summed E-state index contributed by atoms with van der Waals surface area (Å²) in [6, 6.07) is 14.1. The molecule has 33 heavy (non-hydrogen) atoms. The molecule has 1 atom stereocenters. The van der Waals surface area contributed by atoms with Crippen LogP contribution < -0.4 is 10.9 Å². The molecule has 0 aliphatic rings. The van der Waals surface area contributed by atoms with E-state index in [1.165, 1.54) is 18.0 Å². The second-order valence-electron chi connectivity index (χ2n) is 7.28. The maximum absolute atomic E-state index is 13.3. The van der Waals surface area contributed by atoms with Crippen molar-refractivity contribution >= 4 is 29.7 Å². The molecule has 1 amide bonds. The first-order chi connectivity index (χ1) is 15.9. The Hall–Kier alpha value is -4.14. The van der Waals surface area contributed by atoms with Gasteiger partial charge in [-0.1, -0.05) is 32.0 Å². The second-order valence-corrected chi connectivity index (χ2v) is 7.28. The average Bonchev–Trinajstić information content (AvgIpc) is 3.14. The number of anilines is 1. The molecule has 2 aromatic carbocycles. The lowest BCUT2D eigenvalue weighted by atomic mass is 9.99. The smallest absolute Gasteiger partial charge is 0.411 e. The van der Waals surface area contributed by atoms with Crippen LogP contribution in [0.3, 0.4) is 0 Å². The number of aromatic amines is 1. The Morgan fingerprint density at radius 1 is 1.18 bits per heavy atom. The van der Waals surface area contributed by atoms with Crippen LogP contribution in [-0.4, -0.2) is 40.3 Å². The van der Waals surface area contributed by atoms with Crippen LogP contribution in [0.25, 0.3) is 5.69 Å². The Morgan fingerprint density at radius 2 is 1.88 bits per heavy atom. The number of hydrogen-bond donors (Lipinski definition) is 3. The Balaban J connectivity index is 2.07. The highest BCUT2D eigenvalue weighted by molar-refractivity contribution is 5.87. The number of nitrogens with zero attached hydrogens (tertiary/aromatic N) is 2. The van der Waals surface area contributed by atoms with E-state index in [-0.39, 0.29) is 11.3 Å². The van der Waals surface area contributed by atoms with Crippen molar-refractivity contribution in [3.63, 3.8) is 0 Å². The lowest BCUT2D eigenvalue weighted by Gasteiger charge is -2.09. The minimum Gasteiger partial charge on any atom is -0.481 e. The van der Waals surface area contributed by atoms with E-state index < -0.39 is 23.5 Å². The zero-order chi connectivity index (χ0) is 24.0.